The molecule has 204 valence electrons. The first-order chi connectivity index (χ1) is 17.4. The lowest BCUT2D eigenvalue weighted by Gasteiger charge is -2.60. The first-order valence-electron chi connectivity index (χ1n) is 15.5. The van der Waals surface area contributed by atoms with Gasteiger partial charge in [0.1, 0.15) is 6.29 Å². The van der Waals surface area contributed by atoms with Crippen LogP contribution in [-0.4, -0.2) is 37.5 Å². The number of allylic oxidation sites excluding steroid dienone is 1. The molecule has 5 aliphatic rings. The maximum Gasteiger partial charge on any atom is 0.168 e. The zero-order valence-electron chi connectivity index (χ0n) is 23.6. The minimum absolute atomic E-state index is 0.0881. The van der Waals surface area contributed by atoms with Gasteiger partial charge in [-0.3, -0.25) is 0 Å². The number of carbonyl (C=O) groups is 1. The van der Waals surface area contributed by atoms with Crippen LogP contribution < -0.4 is 0 Å². The largest absolute Gasteiger partial charge is 0.374 e. The third-order valence-corrected chi connectivity index (χ3v) is 11.9. The molecule has 5 rings (SSSR count). The lowest BCUT2D eigenvalue weighted by atomic mass is 9.46. The monoisotopic (exact) mass is 500 g/mol. The molecule has 0 aromatic rings. The van der Waals surface area contributed by atoms with Crippen molar-refractivity contribution < 1.29 is 19.0 Å². The molecule has 0 amide bonds. The molecule has 0 N–H and O–H groups in total. The maximum atomic E-state index is 12.9. The van der Waals surface area contributed by atoms with Crippen LogP contribution in [0.25, 0.3) is 0 Å². The lowest BCUT2D eigenvalue weighted by molar-refractivity contribution is -0.307. The van der Waals surface area contributed by atoms with Gasteiger partial charge in [-0.1, -0.05) is 44.8 Å². The van der Waals surface area contributed by atoms with Gasteiger partial charge in [0.05, 0.1) is 17.1 Å². The summed E-state index contributed by atoms with van der Waals surface area (Å²) in [4.78, 5) is 12.9. The molecular weight excluding hydrogens is 448 g/mol. The molecule has 5 aliphatic carbocycles. The molecule has 0 aromatic heterocycles. The maximum absolute atomic E-state index is 12.9. The van der Waals surface area contributed by atoms with E-state index in [9.17, 15) is 4.79 Å². The van der Waals surface area contributed by atoms with E-state index in [1.54, 1.807) is 0 Å². The summed E-state index contributed by atoms with van der Waals surface area (Å²) in [6.07, 6.45) is 22.4. The Morgan fingerprint density at radius 2 is 1.75 bits per heavy atom. The van der Waals surface area contributed by atoms with Crippen molar-refractivity contribution in [3.8, 4) is 0 Å². The number of methoxy groups -OCH3 is 1. The van der Waals surface area contributed by atoms with Gasteiger partial charge in [0.2, 0.25) is 0 Å². The predicted octanol–water partition coefficient (Wildman–Crippen LogP) is 7.79. The van der Waals surface area contributed by atoms with Crippen molar-refractivity contribution >= 4 is 6.29 Å². The number of aldehydes is 1. The molecule has 0 spiro atoms. The van der Waals surface area contributed by atoms with E-state index in [2.05, 4.69) is 26.8 Å². The van der Waals surface area contributed by atoms with E-state index in [0.717, 1.165) is 58.0 Å². The minimum atomic E-state index is -0.384. The molecule has 0 saturated heterocycles. The Morgan fingerprint density at radius 1 is 0.972 bits per heavy atom. The van der Waals surface area contributed by atoms with Crippen molar-refractivity contribution in [1.82, 2.24) is 0 Å². The first kappa shape index (κ1) is 26.9. The Balaban J connectivity index is 1.44. The van der Waals surface area contributed by atoms with Crippen molar-refractivity contribution in [3.05, 3.63) is 11.6 Å². The van der Waals surface area contributed by atoms with Crippen LogP contribution >= 0.6 is 0 Å². The Labute approximate surface area is 220 Å². The van der Waals surface area contributed by atoms with Crippen molar-refractivity contribution in [2.75, 3.05) is 13.7 Å². The molecule has 2 unspecified atom stereocenters. The van der Waals surface area contributed by atoms with Crippen molar-refractivity contribution in [3.63, 3.8) is 0 Å². The molecule has 0 heterocycles. The van der Waals surface area contributed by atoms with Gasteiger partial charge in [-0.15, -0.1) is 0 Å². The van der Waals surface area contributed by atoms with Crippen LogP contribution in [0.5, 0.6) is 0 Å². The van der Waals surface area contributed by atoms with Gasteiger partial charge in [-0.05, 0) is 101 Å². The quantitative estimate of drug-likeness (QED) is 0.133. The van der Waals surface area contributed by atoms with Crippen LogP contribution in [0.3, 0.4) is 0 Å². The molecular formula is C32H52O4. The molecule has 0 bridgehead atoms. The average Bonchev–Trinajstić information content (AvgIpc) is 3.47. The summed E-state index contributed by atoms with van der Waals surface area (Å²) in [5.41, 5.74) is 1.24. The molecule has 0 aromatic carbocycles. The fourth-order valence-electron chi connectivity index (χ4n) is 9.96. The molecule has 4 nitrogen and oxygen atoms in total. The number of fused-ring (bicyclic) bond motifs is 5. The van der Waals surface area contributed by atoms with Crippen molar-refractivity contribution in [2.45, 2.75) is 141 Å². The third-order valence-electron chi connectivity index (χ3n) is 11.9. The molecule has 0 aliphatic heterocycles. The summed E-state index contributed by atoms with van der Waals surface area (Å²) < 4.78 is 19.5. The fourth-order valence-corrected chi connectivity index (χ4v) is 9.96. The SMILES string of the molecule is CCCCCC1(OC2(OC)CCCC2)CC[C@H]2[C@@H]3CCC4=CC(OCC)CC[C@]4(C=O)[C@@H]3CC[C@@]21C. The molecule has 4 fully saturated rings. The van der Waals surface area contributed by atoms with Crippen molar-refractivity contribution in [1.29, 1.82) is 0 Å². The van der Waals surface area contributed by atoms with E-state index in [4.69, 9.17) is 14.2 Å². The number of hydrogen-bond acceptors (Lipinski definition) is 4. The van der Waals surface area contributed by atoms with E-state index < -0.39 is 0 Å². The highest BCUT2D eigenvalue weighted by atomic mass is 16.7. The number of unbranched alkanes of at least 4 members (excludes halogenated alkanes) is 2. The standard InChI is InChI=1S/C32H52O4/c1-5-7-8-16-31(36-32(34-4)17-9-10-18-32)21-15-27-26-12-11-24-22-25(35-6-2)13-20-30(24,23-33)28(26)14-19-29(27,31)3/h22-23,25-28H,5-21H2,1-4H3/t25?,26-,27-,28+,29-,30+,31?/m0/s1. The number of ether oxygens (including phenoxy) is 3. The first-order valence-corrected chi connectivity index (χ1v) is 15.5. The summed E-state index contributed by atoms with van der Waals surface area (Å²) >= 11 is 0. The summed E-state index contributed by atoms with van der Waals surface area (Å²) in [6, 6.07) is 0. The summed E-state index contributed by atoms with van der Waals surface area (Å²) in [7, 11) is 1.87. The normalized spacial score (nSPS) is 43.4. The lowest BCUT2D eigenvalue weighted by Crippen LogP contribution is -2.58. The van der Waals surface area contributed by atoms with Crippen molar-refractivity contribution in [2.24, 2.45) is 28.6 Å². The second-order valence-corrected chi connectivity index (χ2v) is 13.2. The molecule has 4 saturated carbocycles. The molecule has 0 radical (unpaired) electrons. The highest BCUT2D eigenvalue weighted by Gasteiger charge is 2.66. The summed E-state index contributed by atoms with van der Waals surface area (Å²) in [6.45, 7) is 7.71. The predicted molar refractivity (Wildman–Crippen MR) is 144 cm³/mol. The van der Waals surface area contributed by atoms with Gasteiger partial charge >= 0.3 is 0 Å². The Kier molecular flexibility index (Phi) is 7.81. The highest BCUT2D eigenvalue weighted by Crippen LogP contribution is 2.69. The van der Waals surface area contributed by atoms with E-state index in [0.29, 0.717) is 17.8 Å². The van der Waals surface area contributed by atoms with E-state index in [1.165, 1.54) is 63.2 Å². The zero-order chi connectivity index (χ0) is 25.4. The van der Waals surface area contributed by atoms with E-state index >= 15 is 0 Å². The summed E-state index contributed by atoms with van der Waals surface area (Å²) in [5, 5.41) is 0. The van der Waals surface area contributed by atoms with Crippen LogP contribution in [0.4, 0.5) is 0 Å². The third kappa shape index (κ3) is 4.16. The smallest absolute Gasteiger partial charge is 0.168 e. The fraction of sp³-hybridized carbons (Fsp3) is 0.906. The number of rotatable bonds is 10. The zero-order valence-corrected chi connectivity index (χ0v) is 23.6. The summed E-state index contributed by atoms with van der Waals surface area (Å²) in [5.74, 6) is 1.39. The second-order valence-electron chi connectivity index (χ2n) is 13.2. The van der Waals surface area contributed by atoms with Crippen LogP contribution in [0.15, 0.2) is 11.6 Å². The second kappa shape index (κ2) is 10.5. The van der Waals surface area contributed by atoms with Gasteiger partial charge in [0.25, 0.3) is 0 Å². The average molecular weight is 501 g/mol. The van der Waals surface area contributed by atoms with Crippen LogP contribution in [-0.2, 0) is 19.0 Å². The van der Waals surface area contributed by atoms with Gasteiger partial charge in [-0.25, -0.2) is 0 Å². The number of carbonyl (C=O) groups excluding carboxylic acids is 1. The number of hydrogen-bond donors (Lipinski definition) is 0. The van der Waals surface area contributed by atoms with Crippen LogP contribution in [0.1, 0.15) is 124 Å². The molecule has 4 heteroatoms. The van der Waals surface area contributed by atoms with E-state index in [-0.39, 0.29) is 28.3 Å². The Morgan fingerprint density at radius 3 is 2.44 bits per heavy atom. The van der Waals surface area contributed by atoms with Crippen LogP contribution in [0.2, 0.25) is 0 Å². The van der Waals surface area contributed by atoms with E-state index in [1.807, 2.05) is 7.11 Å². The highest BCUT2D eigenvalue weighted by molar-refractivity contribution is 5.67. The van der Waals surface area contributed by atoms with Gasteiger partial charge in [-0.2, -0.15) is 0 Å². The van der Waals surface area contributed by atoms with Gasteiger partial charge in [0, 0.05) is 26.6 Å². The van der Waals surface area contributed by atoms with Crippen LogP contribution in [0, 0.1) is 28.6 Å². The Hall–Kier alpha value is -0.710. The van der Waals surface area contributed by atoms with Gasteiger partial charge < -0.3 is 19.0 Å². The molecule has 36 heavy (non-hydrogen) atoms. The molecule has 7 atom stereocenters. The van der Waals surface area contributed by atoms with Gasteiger partial charge in [0.15, 0.2) is 5.79 Å². The Bertz CT molecular complexity index is 815. The minimum Gasteiger partial charge on any atom is -0.374 e. The topological polar surface area (TPSA) is 44.8 Å².